The smallest absolute Gasteiger partial charge is 0.352 e. The van der Waals surface area contributed by atoms with Gasteiger partial charge in [0.05, 0.1) is 0 Å². The van der Waals surface area contributed by atoms with Gasteiger partial charge < -0.3 is 10.8 Å². The molecule has 80 valence electrons. The molecule has 0 aromatic carbocycles. The summed E-state index contributed by atoms with van der Waals surface area (Å²) in [4.78, 5) is 23.7. The van der Waals surface area contributed by atoms with Crippen molar-refractivity contribution in [2.75, 3.05) is 5.75 Å². The molecule has 2 unspecified atom stereocenters. The minimum absolute atomic E-state index is 0.0282. The molecule has 2 aliphatic rings. The highest BCUT2D eigenvalue weighted by Crippen LogP contribution is 2.39. The first kappa shape index (κ1) is 10.3. The number of aliphatic carboxylic acids is 1. The second-order valence-corrected chi connectivity index (χ2v) is 4.42. The first-order valence-electron chi connectivity index (χ1n) is 4.37. The number of nitrogens with two attached hydrogens (primary N) is 1. The largest absolute Gasteiger partial charge is 0.477 e. The number of fused-ring (bicyclic) bond motifs is 1. The van der Waals surface area contributed by atoms with Crippen LogP contribution < -0.4 is 5.73 Å². The molecule has 0 aromatic rings. The molecule has 15 heavy (non-hydrogen) atoms. The summed E-state index contributed by atoms with van der Waals surface area (Å²) in [6, 6.07) is -0.573. The maximum atomic E-state index is 11.4. The number of amides is 1. The van der Waals surface area contributed by atoms with Crippen LogP contribution in [-0.4, -0.2) is 39.1 Å². The van der Waals surface area contributed by atoms with Gasteiger partial charge in [0.25, 0.3) is 0 Å². The van der Waals surface area contributed by atoms with Gasteiger partial charge in [0.15, 0.2) is 0 Å². The Bertz CT molecular complexity index is 391. The lowest BCUT2D eigenvalue weighted by molar-refractivity contribution is -0.147. The van der Waals surface area contributed by atoms with Gasteiger partial charge in [0.2, 0.25) is 5.91 Å². The standard InChI is InChI=1S/C9H10N2O3S/c1-2-4-3-15-8-5(10)7(12)11(8)6(4)9(13)14/h2,5,8H,1,3,10H2,(H,13,14). The number of allylic oxidation sites excluding steroid dienone is 1. The van der Waals surface area contributed by atoms with Crippen molar-refractivity contribution < 1.29 is 14.7 Å². The van der Waals surface area contributed by atoms with E-state index in [4.69, 9.17) is 10.8 Å². The lowest BCUT2D eigenvalue weighted by Gasteiger charge is -2.47. The molecule has 5 nitrogen and oxygen atoms in total. The number of carbonyl (C=O) groups is 2. The fourth-order valence-electron chi connectivity index (χ4n) is 1.70. The van der Waals surface area contributed by atoms with Crippen LogP contribution in [0.4, 0.5) is 0 Å². The molecule has 3 N–H and O–H groups in total. The number of hydrogen-bond acceptors (Lipinski definition) is 4. The Balaban J connectivity index is 2.42. The SMILES string of the molecule is C=CC1=C(C(=O)O)N2C(=O)C(N)C2SC1. The topological polar surface area (TPSA) is 83.6 Å². The molecule has 1 amide bonds. The summed E-state index contributed by atoms with van der Waals surface area (Å²) in [5, 5.41) is 8.79. The maximum absolute atomic E-state index is 11.4. The summed E-state index contributed by atoms with van der Waals surface area (Å²) in [5.41, 5.74) is 6.17. The van der Waals surface area contributed by atoms with Crippen molar-refractivity contribution in [1.82, 2.24) is 4.90 Å². The number of hydrogen-bond donors (Lipinski definition) is 2. The zero-order chi connectivity index (χ0) is 11.2. The highest BCUT2D eigenvalue weighted by molar-refractivity contribution is 8.00. The van der Waals surface area contributed by atoms with Crippen LogP contribution in [0.3, 0.4) is 0 Å². The van der Waals surface area contributed by atoms with Crippen LogP contribution in [0.5, 0.6) is 0 Å². The molecule has 0 bridgehead atoms. The summed E-state index contributed by atoms with van der Waals surface area (Å²) < 4.78 is 0. The van der Waals surface area contributed by atoms with E-state index in [1.807, 2.05) is 0 Å². The number of carboxylic acids is 1. The zero-order valence-electron chi connectivity index (χ0n) is 7.84. The van der Waals surface area contributed by atoms with E-state index >= 15 is 0 Å². The van der Waals surface area contributed by atoms with Crippen molar-refractivity contribution in [3.8, 4) is 0 Å². The molecule has 1 fully saturated rings. The van der Waals surface area contributed by atoms with Gasteiger partial charge in [-0.1, -0.05) is 12.7 Å². The Morgan fingerprint density at radius 2 is 2.40 bits per heavy atom. The van der Waals surface area contributed by atoms with Gasteiger partial charge in [-0.25, -0.2) is 4.79 Å². The lowest BCUT2D eigenvalue weighted by atomic mass is 10.0. The number of thioether (sulfide) groups is 1. The molecule has 0 aliphatic carbocycles. The van der Waals surface area contributed by atoms with Crippen LogP contribution >= 0.6 is 11.8 Å². The normalized spacial score (nSPS) is 29.7. The third-order valence-electron chi connectivity index (χ3n) is 2.49. The van der Waals surface area contributed by atoms with Gasteiger partial charge in [0.1, 0.15) is 17.1 Å². The van der Waals surface area contributed by atoms with E-state index in [0.29, 0.717) is 11.3 Å². The van der Waals surface area contributed by atoms with Gasteiger partial charge in [-0.15, -0.1) is 11.8 Å². The first-order chi connectivity index (χ1) is 7.07. The highest BCUT2D eigenvalue weighted by Gasteiger charge is 2.51. The average Bonchev–Trinajstić information content (AvgIpc) is 2.25. The second-order valence-electron chi connectivity index (χ2n) is 3.32. The van der Waals surface area contributed by atoms with Crippen molar-refractivity contribution in [3.05, 3.63) is 23.9 Å². The second kappa shape index (κ2) is 3.39. The molecule has 0 aromatic heterocycles. The quantitative estimate of drug-likeness (QED) is 0.634. The molecule has 0 saturated carbocycles. The molecule has 0 radical (unpaired) electrons. The van der Waals surface area contributed by atoms with E-state index in [1.54, 1.807) is 0 Å². The molecule has 1 saturated heterocycles. The third kappa shape index (κ3) is 1.29. The van der Waals surface area contributed by atoms with Crippen LogP contribution in [0.1, 0.15) is 0 Å². The Labute approximate surface area is 90.6 Å². The minimum Gasteiger partial charge on any atom is -0.477 e. The van der Waals surface area contributed by atoms with Crippen molar-refractivity contribution in [2.45, 2.75) is 11.4 Å². The van der Waals surface area contributed by atoms with E-state index in [0.717, 1.165) is 0 Å². The predicted octanol–water partition coefficient (Wildman–Crippen LogP) is -0.246. The van der Waals surface area contributed by atoms with E-state index < -0.39 is 12.0 Å². The molecule has 6 heteroatoms. The molecular formula is C9H10N2O3S. The van der Waals surface area contributed by atoms with Gasteiger partial charge in [-0.3, -0.25) is 9.69 Å². The summed E-state index contributed by atoms with van der Waals surface area (Å²) in [5.74, 6) is -0.896. The van der Waals surface area contributed by atoms with E-state index in [9.17, 15) is 9.59 Å². The first-order valence-corrected chi connectivity index (χ1v) is 5.42. The fourth-order valence-corrected chi connectivity index (χ4v) is 2.98. The summed E-state index contributed by atoms with van der Waals surface area (Å²) in [7, 11) is 0. The number of β-lactam (4-membered cyclic amide) rings is 1. The Kier molecular flexibility index (Phi) is 2.32. The number of carbonyl (C=O) groups excluding carboxylic acids is 1. The molecule has 2 aliphatic heterocycles. The lowest BCUT2D eigenvalue weighted by Crippen LogP contribution is -2.68. The average molecular weight is 226 g/mol. The van der Waals surface area contributed by atoms with Gasteiger partial charge >= 0.3 is 5.97 Å². The molecule has 2 atom stereocenters. The van der Waals surface area contributed by atoms with E-state index in [-0.39, 0.29) is 17.0 Å². The fraction of sp³-hybridized carbons (Fsp3) is 0.333. The summed E-state index contributed by atoms with van der Waals surface area (Å²) in [6.45, 7) is 3.54. The van der Waals surface area contributed by atoms with Crippen molar-refractivity contribution >= 4 is 23.6 Å². The Hall–Kier alpha value is -1.27. The van der Waals surface area contributed by atoms with Crippen LogP contribution in [0.25, 0.3) is 0 Å². The van der Waals surface area contributed by atoms with Crippen molar-refractivity contribution in [3.63, 3.8) is 0 Å². The summed E-state index contributed by atoms with van der Waals surface area (Å²) >= 11 is 1.47. The van der Waals surface area contributed by atoms with Crippen molar-refractivity contribution in [1.29, 1.82) is 0 Å². The Morgan fingerprint density at radius 3 is 2.93 bits per heavy atom. The number of nitrogens with zero attached hydrogens (tertiary/aromatic N) is 1. The third-order valence-corrected chi connectivity index (χ3v) is 3.81. The van der Waals surface area contributed by atoms with Crippen LogP contribution in [0.15, 0.2) is 23.9 Å². The zero-order valence-corrected chi connectivity index (χ0v) is 8.66. The van der Waals surface area contributed by atoms with Gasteiger partial charge in [-0.2, -0.15) is 0 Å². The molecule has 0 spiro atoms. The van der Waals surface area contributed by atoms with E-state index in [1.165, 1.54) is 22.7 Å². The molecule has 2 heterocycles. The van der Waals surface area contributed by atoms with E-state index in [2.05, 4.69) is 6.58 Å². The maximum Gasteiger partial charge on any atom is 0.352 e. The minimum atomic E-state index is -1.10. The van der Waals surface area contributed by atoms with Crippen LogP contribution in [-0.2, 0) is 9.59 Å². The highest BCUT2D eigenvalue weighted by atomic mass is 32.2. The number of rotatable bonds is 2. The van der Waals surface area contributed by atoms with Gasteiger partial charge in [-0.05, 0) is 5.57 Å². The monoisotopic (exact) mass is 226 g/mol. The molecular weight excluding hydrogens is 216 g/mol. The summed E-state index contributed by atoms with van der Waals surface area (Å²) in [6.07, 6.45) is 1.48. The Morgan fingerprint density at radius 1 is 1.73 bits per heavy atom. The van der Waals surface area contributed by atoms with Crippen LogP contribution in [0, 0.1) is 0 Å². The van der Waals surface area contributed by atoms with Gasteiger partial charge in [0, 0.05) is 5.75 Å². The number of carboxylic acid groups (broad SMARTS) is 1. The van der Waals surface area contributed by atoms with Crippen molar-refractivity contribution in [2.24, 2.45) is 5.73 Å². The predicted molar refractivity (Wildman–Crippen MR) is 55.9 cm³/mol. The molecule has 2 rings (SSSR count). The van der Waals surface area contributed by atoms with Crippen LogP contribution in [0.2, 0.25) is 0 Å².